The number of ketones is 1. The Morgan fingerprint density at radius 1 is 1.67 bits per heavy atom. The van der Waals surface area contributed by atoms with Gasteiger partial charge in [0, 0.05) is 12.8 Å². The predicted octanol–water partition coefficient (Wildman–Crippen LogP) is 0.469. The molecule has 3 heteroatoms. The van der Waals surface area contributed by atoms with E-state index < -0.39 is 0 Å². The molecular weight excluding hydrogens is 154 g/mol. The molecule has 0 amide bonds. The van der Waals surface area contributed by atoms with Crippen molar-refractivity contribution in [3.8, 4) is 0 Å². The molecule has 12 heavy (non-hydrogen) atoms. The van der Waals surface area contributed by atoms with E-state index in [4.69, 9.17) is 4.74 Å². The lowest BCUT2D eigenvalue weighted by molar-refractivity contribution is -0.119. The van der Waals surface area contributed by atoms with Crippen molar-refractivity contribution in [1.82, 2.24) is 5.32 Å². The summed E-state index contributed by atoms with van der Waals surface area (Å²) in [6, 6.07) is 0. The summed E-state index contributed by atoms with van der Waals surface area (Å²) < 4.78 is 5.18. The minimum Gasteiger partial charge on any atom is -0.490 e. The Hall–Kier alpha value is -0.830. The summed E-state index contributed by atoms with van der Waals surface area (Å²) in [6.45, 7) is 2.65. The van der Waals surface area contributed by atoms with Crippen molar-refractivity contribution in [3.63, 3.8) is 0 Å². The van der Waals surface area contributed by atoms with Gasteiger partial charge in [-0.3, -0.25) is 4.79 Å². The molecule has 1 N–H and O–H groups in total. The van der Waals surface area contributed by atoms with E-state index in [0.29, 0.717) is 24.7 Å². The normalized spacial score (nSPS) is 22.8. The van der Waals surface area contributed by atoms with Gasteiger partial charge in [0.1, 0.15) is 0 Å². The Bertz CT molecular complexity index is 219. The third kappa shape index (κ3) is 1.50. The molecule has 0 aromatic rings. The summed E-state index contributed by atoms with van der Waals surface area (Å²) in [6.07, 6.45) is 3.44. The van der Waals surface area contributed by atoms with E-state index in [1.165, 1.54) is 0 Å². The molecule has 0 radical (unpaired) electrons. The van der Waals surface area contributed by atoms with E-state index in [1.807, 2.05) is 6.08 Å². The van der Waals surface area contributed by atoms with E-state index in [2.05, 4.69) is 5.32 Å². The topological polar surface area (TPSA) is 38.3 Å². The molecule has 0 atom stereocenters. The smallest absolute Gasteiger partial charge is 0.197 e. The van der Waals surface area contributed by atoms with Gasteiger partial charge in [0.25, 0.3) is 0 Å². The number of allylic oxidation sites excluding steroid dienone is 1. The van der Waals surface area contributed by atoms with Gasteiger partial charge in [-0.25, -0.2) is 0 Å². The monoisotopic (exact) mass is 167 g/mol. The summed E-state index contributed by atoms with van der Waals surface area (Å²) in [7, 11) is 0. The van der Waals surface area contributed by atoms with E-state index in [0.717, 1.165) is 19.5 Å². The highest BCUT2D eigenvalue weighted by atomic mass is 16.5. The quantitative estimate of drug-likeness (QED) is 0.664. The first-order valence-corrected chi connectivity index (χ1v) is 4.43. The number of ether oxygens (including phenoxy) is 1. The molecule has 0 bridgehead atoms. The van der Waals surface area contributed by atoms with Crippen molar-refractivity contribution in [2.24, 2.45) is 5.92 Å². The molecule has 0 spiro atoms. The summed E-state index contributed by atoms with van der Waals surface area (Å²) in [5.41, 5.74) is 0. The van der Waals surface area contributed by atoms with E-state index in [1.54, 1.807) is 0 Å². The van der Waals surface area contributed by atoms with Crippen LogP contribution in [-0.2, 0) is 9.53 Å². The van der Waals surface area contributed by atoms with Crippen LogP contribution in [0.4, 0.5) is 0 Å². The number of carbonyl (C=O) groups is 1. The zero-order chi connectivity index (χ0) is 8.39. The van der Waals surface area contributed by atoms with Gasteiger partial charge in [-0.2, -0.15) is 0 Å². The minimum atomic E-state index is 0.180. The molecule has 0 aromatic heterocycles. The summed E-state index contributed by atoms with van der Waals surface area (Å²) >= 11 is 0. The molecule has 2 aliphatic rings. The lowest BCUT2D eigenvalue weighted by atomic mass is 9.96. The maximum Gasteiger partial charge on any atom is 0.197 e. The van der Waals surface area contributed by atoms with Crippen molar-refractivity contribution >= 4 is 5.78 Å². The van der Waals surface area contributed by atoms with Crippen LogP contribution in [-0.4, -0.2) is 25.5 Å². The number of hydrogen-bond acceptors (Lipinski definition) is 3. The van der Waals surface area contributed by atoms with E-state index in [9.17, 15) is 4.79 Å². The summed E-state index contributed by atoms with van der Waals surface area (Å²) in [4.78, 5) is 11.4. The highest BCUT2D eigenvalue weighted by molar-refractivity contribution is 5.93. The lowest BCUT2D eigenvalue weighted by Crippen LogP contribution is -2.43. The van der Waals surface area contributed by atoms with Gasteiger partial charge in [-0.05, 0) is 25.1 Å². The lowest BCUT2D eigenvalue weighted by Gasteiger charge is -2.26. The fourth-order valence-corrected chi connectivity index (χ4v) is 1.47. The third-order valence-electron chi connectivity index (χ3n) is 2.32. The Kier molecular flexibility index (Phi) is 2.13. The molecular formula is C9H13NO2. The van der Waals surface area contributed by atoms with Gasteiger partial charge in [0.05, 0.1) is 6.61 Å². The molecule has 2 aliphatic heterocycles. The summed E-state index contributed by atoms with van der Waals surface area (Å²) in [5, 5.41) is 3.14. The molecule has 0 aliphatic carbocycles. The molecule has 1 fully saturated rings. The molecule has 2 heterocycles. The van der Waals surface area contributed by atoms with E-state index >= 15 is 0 Å². The van der Waals surface area contributed by atoms with Crippen LogP contribution >= 0.6 is 0 Å². The molecule has 0 unspecified atom stereocenters. The van der Waals surface area contributed by atoms with Gasteiger partial charge in [0.2, 0.25) is 0 Å². The Morgan fingerprint density at radius 2 is 2.50 bits per heavy atom. The van der Waals surface area contributed by atoms with Gasteiger partial charge >= 0.3 is 0 Å². The molecule has 1 saturated heterocycles. The fourth-order valence-electron chi connectivity index (χ4n) is 1.47. The molecule has 0 aromatic carbocycles. The maximum atomic E-state index is 11.4. The fraction of sp³-hybridized carbons (Fsp3) is 0.667. The van der Waals surface area contributed by atoms with E-state index in [-0.39, 0.29) is 5.78 Å². The number of rotatable bonds is 3. The second-order valence-electron chi connectivity index (χ2n) is 3.36. The highest BCUT2D eigenvalue weighted by Crippen LogP contribution is 2.16. The second-order valence-corrected chi connectivity index (χ2v) is 3.36. The average Bonchev–Trinajstić information content (AvgIpc) is 2.47. The number of Topliss-reactive ketones (excluding diaryl/α,β-unsaturated/α-hetero) is 1. The van der Waals surface area contributed by atoms with Crippen LogP contribution < -0.4 is 5.32 Å². The van der Waals surface area contributed by atoms with Crippen molar-refractivity contribution in [2.75, 3.05) is 19.7 Å². The Morgan fingerprint density at radius 3 is 3.00 bits per heavy atom. The average molecular weight is 167 g/mol. The first-order valence-electron chi connectivity index (χ1n) is 4.43. The maximum absolute atomic E-state index is 11.4. The summed E-state index contributed by atoms with van der Waals surface area (Å²) in [5.74, 6) is 1.32. The highest BCUT2D eigenvalue weighted by Gasteiger charge is 2.23. The van der Waals surface area contributed by atoms with Crippen LogP contribution in [0.15, 0.2) is 11.8 Å². The predicted molar refractivity (Wildman–Crippen MR) is 44.6 cm³/mol. The Balaban J connectivity index is 1.82. The van der Waals surface area contributed by atoms with Gasteiger partial charge in [0.15, 0.2) is 11.5 Å². The molecule has 2 rings (SSSR count). The first-order chi connectivity index (χ1) is 5.86. The number of nitrogens with one attached hydrogen (secondary N) is 1. The van der Waals surface area contributed by atoms with Crippen LogP contribution in [0.25, 0.3) is 0 Å². The van der Waals surface area contributed by atoms with Crippen molar-refractivity contribution < 1.29 is 9.53 Å². The molecule has 3 nitrogen and oxygen atoms in total. The van der Waals surface area contributed by atoms with Crippen molar-refractivity contribution in [1.29, 1.82) is 0 Å². The zero-order valence-electron chi connectivity index (χ0n) is 7.01. The van der Waals surface area contributed by atoms with Crippen LogP contribution in [0, 0.1) is 5.92 Å². The number of hydrogen-bond donors (Lipinski definition) is 1. The van der Waals surface area contributed by atoms with Gasteiger partial charge in [-0.15, -0.1) is 0 Å². The minimum absolute atomic E-state index is 0.180. The first kappa shape index (κ1) is 7.80. The van der Waals surface area contributed by atoms with Gasteiger partial charge < -0.3 is 10.1 Å². The van der Waals surface area contributed by atoms with Crippen LogP contribution in [0.1, 0.15) is 12.8 Å². The third-order valence-corrected chi connectivity index (χ3v) is 2.32. The van der Waals surface area contributed by atoms with Crippen LogP contribution in [0.2, 0.25) is 0 Å². The van der Waals surface area contributed by atoms with Crippen LogP contribution in [0.5, 0.6) is 0 Å². The number of carbonyl (C=O) groups excluding carboxylic acids is 1. The SMILES string of the molecule is O=C(CC1CNC1)C1=CCCO1. The Labute approximate surface area is 71.8 Å². The largest absolute Gasteiger partial charge is 0.490 e. The molecule has 66 valence electrons. The standard InChI is InChI=1S/C9H13NO2/c11-8(4-7-5-10-6-7)9-2-1-3-12-9/h2,7,10H,1,3-6H2. The van der Waals surface area contributed by atoms with Crippen molar-refractivity contribution in [2.45, 2.75) is 12.8 Å². The van der Waals surface area contributed by atoms with Crippen LogP contribution in [0.3, 0.4) is 0 Å². The van der Waals surface area contributed by atoms with Gasteiger partial charge in [-0.1, -0.05) is 0 Å². The molecule has 0 saturated carbocycles. The second kappa shape index (κ2) is 3.27. The zero-order valence-corrected chi connectivity index (χ0v) is 7.01. The van der Waals surface area contributed by atoms with Crippen molar-refractivity contribution in [3.05, 3.63) is 11.8 Å².